The number of hydrogen-bond acceptors (Lipinski definition) is 2. The van der Waals surface area contributed by atoms with Gasteiger partial charge in [-0.25, -0.2) is 14.2 Å². The maximum Gasteiger partial charge on any atom is 0.354 e. The topological polar surface area (TPSA) is 50.2 Å². The number of carboxylic acid groups (broad SMARTS) is 1. The monoisotopic (exact) mass is 225 g/mol. The van der Waals surface area contributed by atoms with E-state index in [1.165, 1.54) is 18.3 Å². The first-order chi connectivity index (χ1) is 7.09. The van der Waals surface area contributed by atoms with E-state index in [2.05, 4.69) is 4.98 Å². The van der Waals surface area contributed by atoms with Gasteiger partial charge in [-0.2, -0.15) is 0 Å². The summed E-state index contributed by atoms with van der Waals surface area (Å²) >= 11 is 5.57. The Labute approximate surface area is 89.1 Å². The van der Waals surface area contributed by atoms with Crippen LogP contribution in [0.3, 0.4) is 0 Å². The number of nitrogens with zero attached hydrogens (tertiary/aromatic N) is 1. The van der Waals surface area contributed by atoms with Gasteiger partial charge in [-0.3, -0.25) is 0 Å². The summed E-state index contributed by atoms with van der Waals surface area (Å²) in [5.74, 6) is -1.73. The molecule has 0 atom stereocenters. The van der Waals surface area contributed by atoms with Crippen LogP contribution in [-0.2, 0) is 0 Å². The van der Waals surface area contributed by atoms with E-state index in [1.54, 1.807) is 6.07 Å². The van der Waals surface area contributed by atoms with Gasteiger partial charge in [-0.1, -0.05) is 17.7 Å². The number of benzene rings is 1. The summed E-state index contributed by atoms with van der Waals surface area (Å²) in [6.45, 7) is 0. The lowest BCUT2D eigenvalue weighted by Gasteiger charge is -2.01. The van der Waals surface area contributed by atoms with Crippen LogP contribution in [0.4, 0.5) is 4.39 Å². The highest BCUT2D eigenvalue weighted by atomic mass is 35.5. The number of aromatic carboxylic acids is 1. The number of hydrogen-bond donors (Lipinski definition) is 1. The van der Waals surface area contributed by atoms with Crippen molar-refractivity contribution in [3.63, 3.8) is 0 Å². The third-order valence-corrected chi connectivity index (χ3v) is 2.30. The summed E-state index contributed by atoms with van der Waals surface area (Å²) in [5.41, 5.74) is -0.121. The molecule has 0 aliphatic carbocycles. The minimum atomic E-state index is -1.15. The Balaban J connectivity index is 2.75. The summed E-state index contributed by atoms with van der Waals surface area (Å²) in [7, 11) is 0. The van der Waals surface area contributed by atoms with Crippen LogP contribution in [-0.4, -0.2) is 16.1 Å². The molecule has 0 radical (unpaired) electrons. The fraction of sp³-hybridized carbons (Fsp3) is 0. The van der Waals surface area contributed by atoms with Crippen LogP contribution in [0.15, 0.2) is 24.4 Å². The van der Waals surface area contributed by atoms with E-state index in [-0.39, 0.29) is 16.1 Å². The second-order valence-electron chi connectivity index (χ2n) is 2.96. The third kappa shape index (κ3) is 1.64. The van der Waals surface area contributed by atoms with Crippen LogP contribution in [0.2, 0.25) is 5.02 Å². The lowest BCUT2D eigenvalue weighted by atomic mass is 10.1. The number of carbonyl (C=O) groups is 1. The molecule has 0 aliphatic heterocycles. The molecule has 0 amide bonds. The van der Waals surface area contributed by atoms with E-state index < -0.39 is 11.8 Å². The van der Waals surface area contributed by atoms with E-state index in [0.717, 1.165) is 0 Å². The number of rotatable bonds is 1. The second kappa shape index (κ2) is 3.47. The molecule has 0 spiro atoms. The van der Waals surface area contributed by atoms with E-state index in [0.29, 0.717) is 5.39 Å². The van der Waals surface area contributed by atoms with Crippen molar-refractivity contribution in [3.05, 3.63) is 40.9 Å². The lowest BCUT2D eigenvalue weighted by Crippen LogP contribution is -1.99. The largest absolute Gasteiger partial charge is 0.477 e. The molecule has 5 heteroatoms. The Kier molecular flexibility index (Phi) is 2.28. The molecular formula is C10H5ClFNO2. The van der Waals surface area contributed by atoms with Gasteiger partial charge in [0, 0.05) is 11.6 Å². The van der Waals surface area contributed by atoms with Gasteiger partial charge in [-0.15, -0.1) is 0 Å². The predicted octanol–water partition coefficient (Wildman–Crippen LogP) is 2.73. The fourth-order valence-corrected chi connectivity index (χ4v) is 1.44. The Morgan fingerprint density at radius 1 is 1.47 bits per heavy atom. The molecule has 3 nitrogen and oxygen atoms in total. The van der Waals surface area contributed by atoms with Crippen molar-refractivity contribution in [1.29, 1.82) is 0 Å². The summed E-state index contributed by atoms with van der Waals surface area (Å²) in [6, 6.07) is 4.23. The maximum atomic E-state index is 13.4. The first-order valence-electron chi connectivity index (χ1n) is 4.06. The highest BCUT2D eigenvalue weighted by molar-refractivity contribution is 6.31. The molecule has 1 heterocycles. The molecule has 1 aromatic carbocycles. The van der Waals surface area contributed by atoms with Crippen LogP contribution in [0.1, 0.15) is 10.5 Å². The summed E-state index contributed by atoms with van der Waals surface area (Å²) in [4.78, 5) is 14.2. The van der Waals surface area contributed by atoms with Crippen molar-refractivity contribution in [1.82, 2.24) is 4.98 Å². The van der Waals surface area contributed by atoms with Crippen LogP contribution >= 0.6 is 11.6 Å². The molecule has 0 aliphatic rings. The van der Waals surface area contributed by atoms with Crippen LogP contribution in [0, 0.1) is 5.82 Å². The molecular weight excluding hydrogens is 221 g/mol. The van der Waals surface area contributed by atoms with Crippen molar-refractivity contribution in [2.75, 3.05) is 0 Å². The van der Waals surface area contributed by atoms with Gasteiger partial charge in [0.05, 0.1) is 5.02 Å². The predicted molar refractivity (Wildman–Crippen MR) is 53.7 cm³/mol. The molecule has 76 valence electrons. The Bertz CT molecular complexity index is 556. The van der Waals surface area contributed by atoms with Crippen LogP contribution in [0.25, 0.3) is 10.8 Å². The quantitative estimate of drug-likeness (QED) is 0.812. The smallest absolute Gasteiger partial charge is 0.354 e. The molecule has 0 fully saturated rings. The number of carboxylic acids is 1. The van der Waals surface area contributed by atoms with Crippen molar-refractivity contribution in [2.24, 2.45) is 0 Å². The van der Waals surface area contributed by atoms with E-state index in [1.807, 2.05) is 0 Å². The highest BCUT2D eigenvalue weighted by Crippen LogP contribution is 2.24. The zero-order valence-electron chi connectivity index (χ0n) is 7.37. The molecule has 0 saturated carbocycles. The molecule has 0 unspecified atom stereocenters. The second-order valence-corrected chi connectivity index (χ2v) is 3.36. The van der Waals surface area contributed by atoms with E-state index in [9.17, 15) is 9.18 Å². The molecule has 1 aromatic heterocycles. The Hall–Kier alpha value is -1.68. The van der Waals surface area contributed by atoms with Gasteiger partial charge < -0.3 is 5.11 Å². The highest BCUT2D eigenvalue weighted by Gasteiger charge is 2.09. The van der Waals surface area contributed by atoms with E-state index in [4.69, 9.17) is 16.7 Å². The molecule has 2 aromatic rings. The first-order valence-corrected chi connectivity index (χ1v) is 4.44. The average molecular weight is 226 g/mol. The molecule has 0 bridgehead atoms. The molecule has 15 heavy (non-hydrogen) atoms. The van der Waals surface area contributed by atoms with Crippen molar-refractivity contribution < 1.29 is 14.3 Å². The zero-order chi connectivity index (χ0) is 11.0. The first kappa shape index (κ1) is 9.86. The van der Waals surface area contributed by atoms with Gasteiger partial charge in [0.15, 0.2) is 5.82 Å². The van der Waals surface area contributed by atoms with E-state index >= 15 is 0 Å². The van der Waals surface area contributed by atoms with Crippen LogP contribution in [0.5, 0.6) is 0 Å². The average Bonchev–Trinajstić information content (AvgIpc) is 2.23. The third-order valence-electron chi connectivity index (χ3n) is 2.01. The SMILES string of the molecule is O=C(O)c1cc2ccc(Cl)c(F)c2cn1. The van der Waals surface area contributed by atoms with Crippen LogP contribution < -0.4 is 0 Å². The molecule has 0 saturated heterocycles. The Morgan fingerprint density at radius 2 is 2.20 bits per heavy atom. The van der Waals surface area contributed by atoms with Gasteiger partial charge in [0.1, 0.15) is 5.69 Å². The van der Waals surface area contributed by atoms with Gasteiger partial charge in [0.2, 0.25) is 0 Å². The normalized spacial score (nSPS) is 10.5. The minimum absolute atomic E-state index is 0.00706. The van der Waals surface area contributed by atoms with Gasteiger partial charge >= 0.3 is 5.97 Å². The van der Waals surface area contributed by atoms with Gasteiger partial charge in [-0.05, 0) is 17.5 Å². The van der Waals surface area contributed by atoms with Crippen molar-refractivity contribution in [3.8, 4) is 0 Å². The molecule has 2 rings (SSSR count). The standard InChI is InChI=1S/C10H5ClFNO2/c11-7-2-1-5-3-8(10(14)15)13-4-6(5)9(7)12/h1-4H,(H,14,15). The minimum Gasteiger partial charge on any atom is -0.477 e. The maximum absolute atomic E-state index is 13.4. The number of aromatic nitrogens is 1. The zero-order valence-corrected chi connectivity index (χ0v) is 8.12. The lowest BCUT2D eigenvalue weighted by molar-refractivity contribution is 0.0690. The van der Waals surface area contributed by atoms with Crippen molar-refractivity contribution in [2.45, 2.75) is 0 Å². The number of halogens is 2. The Morgan fingerprint density at radius 3 is 2.87 bits per heavy atom. The summed E-state index contributed by atoms with van der Waals surface area (Å²) in [6.07, 6.45) is 1.17. The molecule has 1 N–H and O–H groups in total. The van der Waals surface area contributed by atoms with Gasteiger partial charge in [0.25, 0.3) is 0 Å². The number of fused-ring (bicyclic) bond motifs is 1. The number of pyridine rings is 1. The fourth-order valence-electron chi connectivity index (χ4n) is 1.27. The summed E-state index contributed by atoms with van der Waals surface area (Å²) in [5, 5.41) is 9.36. The summed E-state index contributed by atoms with van der Waals surface area (Å²) < 4.78 is 13.4. The van der Waals surface area contributed by atoms with Crippen molar-refractivity contribution >= 4 is 28.3 Å².